The average Bonchev–Trinajstić information content (AvgIpc) is 2.88. The second kappa shape index (κ2) is 7.48. The fourth-order valence-corrected chi connectivity index (χ4v) is 3.59. The van der Waals surface area contributed by atoms with Gasteiger partial charge in [-0.2, -0.15) is 0 Å². The van der Waals surface area contributed by atoms with Crippen molar-refractivity contribution >= 4 is 5.78 Å². The first kappa shape index (κ1) is 5.55. The molecule has 0 saturated heterocycles. The Morgan fingerprint density at radius 1 is 1.33 bits per heavy atom. The number of fused-ring (bicyclic) bond motifs is 3. The fourth-order valence-electron chi connectivity index (χ4n) is 3.59. The van der Waals surface area contributed by atoms with Gasteiger partial charge in [-0.15, -0.1) is 0 Å². The molecule has 1 aromatic rings. The summed E-state index contributed by atoms with van der Waals surface area (Å²) in [6.45, 7) is -19.9. The van der Waals surface area contributed by atoms with Crippen LogP contribution in [-0.2, 0) is 10.2 Å². The molecule has 3 nitrogen and oxygen atoms in total. The molecule has 0 amide bonds. The van der Waals surface area contributed by atoms with Gasteiger partial charge in [0.25, 0.3) is 0 Å². The van der Waals surface area contributed by atoms with E-state index in [1.807, 2.05) is 0 Å². The molecule has 3 heteroatoms. The van der Waals surface area contributed by atoms with E-state index in [4.69, 9.17) is 39.0 Å². The molecule has 1 N–H and O–H groups in total. The van der Waals surface area contributed by atoms with Gasteiger partial charge in [-0.1, -0.05) is 46.0 Å². The molecular formula is C24H36O3. The molecule has 0 aromatic heterocycles. The Morgan fingerprint density at radius 2 is 2.19 bits per heavy atom. The summed E-state index contributed by atoms with van der Waals surface area (Å²) < 4.78 is 211. The SMILES string of the molecule is [2H]C([2H])([2H])C([2H])([2H])C([2H])([2H])C([2H])([2H])C([2H])([2H])C([2H])([2H])C(c1cc(O)c2c(c1)OC(C([2H])([2H])[2H])(C([2H])([2H])[2H])[C@@H]1CCC(=O)C[C@@H]21)(C([2H])([2H])[2H])C([2H])([2H])[2H]. The van der Waals surface area contributed by atoms with Crippen LogP contribution in [0.15, 0.2) is 12.1 Å². The number of rotatable bonds is 6. The molecule has 1 aliphatic heterocycles. The Labute approximate surface area is 199 Å². The molecule has 0 spiro atoms. The monoisotopic (exact) mass is 397 g/mol. The zero-order valence-electron chi connectivity index (χ0n) is 39.2. The molecule has 1 aromatic carbocycles. The molecule has 1 heterocycles. The van der Waals surface area contributed by atoms with Crippen LogP contribution in [-0.4, -0.2) is 16.5 Å². The number of phenolic OH excluding ortho intramolecular Hbond substituents is 1. The summed E-state index contributed by atoms with van der Waals surface area (Å²) in [5, 5.41) is 11.4. The summed E-state index contributed by atoms with van der Waals surface area (Å²) in [4.78, 5) is 12.6. The van der Waals surface area contributed by atoms with Crippen LogP contribution < -0.4 is 4.74 Å². The van der Waals surface area contributed by atoms with E-state index in [0.29, 0.717) is 12.1 Å². The first-order chi connectivity index (χ1) is 22.6. The van der Waals surface area contributed by atoms with Gasteiger partial charge in [0.05, 0.1) is 0 Å². The van der Waals surface area contributed by atoms with Gasteiger partial charge in [0.2, 0.25) is 0 Å². The van der Waals surface area contributed by atoms with Crippen molar-refractivity contribution in [3.63, 3.8) is 0 Å². The molecule has 150 valence electrons. The van der Waals surface area contributed by atoms with Crippen LogP contribution in [0.25, 0.3) is 0 Å². The zero-order chi connectivity index (χ0) is 41.3. The standard InChI is InChI=1S/C24H36O3/c1-6-7-8-9-12-23(2,3)16-13-20(26)22-18-15-17(25)10-11-19(18)24(4,5)27-21(22)14-16/h13-14,18-19,26H,6-12,15H2,1-5H3/t18-,19-/m1/s1/i1D3,2D3,3D3,4D3,5D3,6D2,7D2,8D2,9D2,12D2. The van der Waals surface area contributed by atoms with Gasteiger partial charge in [-0.25, -0.2) is 0 Å². The van der Waals surface area contributed by atoms with Gasteiger partial charge in [-0.3, -0.25) is 4.79 Å². The highest BCUT2D eigenvalue weighted by Gasteiger charge is 2.47. The number of benzene rings is 1. The minimum absolute atomic E-state index is 0.293. The van der Waals surface area contributed by atoms with Crippen LogP contribution in [0.5, 0.6) is 11.5 Å². The van der Waals surface area contributed by atoms with Crippen LogP contribution in [0.2, 0.25) is 0 Å². The van der Waals surface area contributed by atoms with Crippen LogP contribution in [0.3, 0.4) is 0 Å². The summed E-state index contributed by atoms with van der Waals surface area (Å²) in [7, 11) is 0. The van der Waals surface area contributed by atoms with E-state index in [0.717, 1.165) is 0 Å². The number of aromatic hydroxyl groups is 1. The predicted octanol–water partition coefficient (Wildman–Crippen LogP) is 6.26. The van der Waals surface area contributed by atoms with Crippen molar-refractivity contribution in [2.24, 2.45) is 5.92 Å². The van der Waals surface area contributed by atoms with Gasteiger partial charge < -0.3 is 9.84 Å². The van der Waals surface area contributed by atoms with Crippen molar-refractivity contribution in [1.29, 1.82) is 0 Å². The first-order valence-corrected chi connectivity index (χ1v) is 8.17. The van der Waals surface area contributed by atoms with Gasteiger partial charge in [0.15, 0.2) is 0 Å². The summed E-state index contributed by atoms with van der Waals surface area (Å²) in [6.07, 6.45) is -24.5. The third kappa shape index (κ3) is 4.02. The maximum absolute atomic E-state index is 12.6. The lowest BCUT2D eigenvalue weighted by Gasteiger charge is -2.47. The van der Waals surface area contributed by atoms with Gasteiger partial charge in [0, 0.05) is 64.5 Å². The minimum atomic E-state index is -4.82. The lowest BCUT2D eigenvalue weighted by atomic mass is 9.66. The van der Waals surface area contributed by atoms with Crippen molar-refractivity contribution in [3.05, 3.63) is 23.3 Å². The van der Waals surface area contributed by atoms with E-state index in [1.54, 1.807) is 0 Å². The number of ether oxygens (including phenoxy) is 1. The topological polar surface area (TPSA) is 46.5 Å². The molecule has 1 saturated carbocycles. The summed E-state index contributed by atoms with van der Waals surface area (Å²) in [5.41, 5.74) is -9.62. The first-order valence-electron chi connectivity index (χ1n) is 20.7. The van der Waals surface area contributed by atoms with Crippen molar-refractivity contribution in [1.82, 2.24) is 0 Å². The molecule has 0 radical (unpaired) electrons. The number of phenols is 1. The maximum atomic E-state index is 12.6. The predicted molar refractivity (Wildman–Crippen MR) is 110 cm³/mol. The Kier molecular flexibility index (Phi) is 1.54. The lowest BCUT2D eigenvalue weighted by molar-refractivity contribution is -0.124. The van der Waals surface area contributed by atoms with E-state index < -0.39 is 124 Å². The highest BCUT2D eigenvalue weighted by molar-refractivity contribution is 5.81. The van der Waals surface area contributed by atoms with Crippen LogP contribution in [0.4, 0.5) is 0 Å². The molecule has 0 bridgehead atoms. The third-order valence-electron chi connectivity index (χ3n) is 4.82. The normalized spacial score (nSPS) is 42.8. The second-order valence-electron chi connectivity index (χ2n) is 6.61. The zero-order valence-corrected chi connectivity index (χ0v) is 14.2. The highest BCUT2D eigenvalue weighted by Crippen LogP contribution is 2.54. The molecular weight excluding hydrogens is 336 g/mol. The molecule has 1 fully saturated rings. The third-order valence-corrected chi connectivity index (χ3v) is 4.82. The average molecular weight is 398 g/mol. The number of carbonyl (C=O) groups is 1. The Bertz CT molecular complexity index is 1530. The maximum Gasteiger partial charge on any atom is 0.133 e. The lowest BCUT2D eigenvalue weighted by Crippen LogP contribution is -2.47. The molecule has 1 aliphatic carbocycles. The number of ketones is 1. The van der Waals surface area contributed by atoms with Gasteiger partial charge in [0.1, 0.15) is 22.9 Å². The fraction of sp³-hybridized carbons (Fsp3) is 0.708. The molecule has 27 heavy (non-hydrogen) atoms. The van der Waals surface area contributed by atoms with Crippen molar-refractivity contribution < 1.29 is 48.9 Å². The van der Waals surface area contributed by atoms with Crippen LogP contribution >= 0.6 is 0 Å². The summed E-state index contributed by atoms with van der Waals surface area (Å²) in [5.74, 6) is -5.72. The second-order valence-corrected chi connectivity index (χ2v) is 6.61. The highest BCUT2D eigenvalue weighted by atomic mass is 16.5. The largest absolute Gasteiger partial charge is 0.508 e. The van der Waals surface area contributed by atoms with Gasteiger partial charge >= 0.3 is 0 Å². The Morgan fingerprint density at radius 3 is 2.93 bits per heavy atom. The molecule has 0 unspecified atom stereocenters. The van der Waals surface area contributed by atoms with Crippen molar-refractivity contribution in [2.75, 3.05) is 0 Å². The quantitative estimate of drug-likeness (QED) is 0.616. The number of carbonyl (C=O) groups excluding carboxylic acids is 1. The van der Waals surface area contributed by atoms with Crippen LogP contribution in [0, 0.1) is 5.92 Å². The molecule has 2 atom stereocenters. The van der Waals surface area contributed by atoms with Crippen molar-refractivity contribution in [2.45, 2.75) is 102 Å². The van der Waals surface area contributed by atoms with E-state index >= 15 is 0 Å². The Balaban J connectivity index is 2.57. The van der Waals surface area contributed by atoms with E-state index in [1.165, 1.54) is 0 Å². The van der Waals surface area contributed by atoms with Crippen molar-refractivity contribution in [3.8, 4) is 11.5 Å². The number of Topliss-reactive ketones (excluding diaryl/α,β-unsaturated/α-hetero) is 1. The minimum Gasteiger partial charge on any atom is -0.508 e. The summed E-state index contributed by atoms with van der Waals surface area (Å²) in [6, 6.07) is 0.643. The number of hydrogen-bond donors (Lipinski definition) is 1. The van der Waals surface area contributed by atoms with E-state index in [9.17, 15) is 9.90 Å². The van der Waals surface area contributed by atoms with E-state index in [2.05, 4.69) is 0 Å². The van der Waals surface area contributed by atoms with Gasteiger partial charge in [-0.05, 0) is 49.6 Å². The smallest absolute Gasteiger partial charge is 0.133 e. The van der Waals surface area contributed by atoms with Crippen LogP contribution in [0.1, 0.15) is 137 Å². The summed E-state index contributed by atoms with van der Waals surface area (Å²) >= 11 is 0. The van der Waals surface area contributed by atoms with E-state index in [-0.39, 0.29) is 12.8 Å². The molecule has 2 aliphatic rings. The Hall–Kier alpha value is -1.51. The number of hydrogen-bond acceptors (Lipinski definition) is 3. The molecule has 3 rings (SSSR count).